The van der Waals surface area contributed by atoms with Crippen LogP contribution in [0, 0.1) is 5.92 Å². The summed E-state index contributed by atoms with van der Waals surface area (Å²) in [6.07, 6.45) is 0. The molecule has 0 aromatic heterocycles. The molecule has 21 heavy (non-hydrogen) atoms. The molecule has 1 atom stereocenters. The van der Waals surface area contributed by atoms with E-state index in [1.807, 2.05) is 25.1 Å². The number of carbonyl (C=O) groups is 1. The van der Waals surface area contributed by atoms with E-state index >= 15 is 0 Å². The second-order valence-corrected chi connectivity index (χ2v) is 5.81. The number of amides is 1. The molecule has 0 heterocycles. The van der Waals surface area contributed by atoms with Gasteiger partial charge in [-0.05, 0) is 17.7 Å². The lowest BCUT2D eigenvalue weighted by Gasteiger charge is -2.27. The fourth-order valence-electron chi connectivity index (χ4n) is 1.95. The summed E-state index contributed by atoms with van der Waals surface area (Å²) in [5, 5.41) is 2.95. The van der Waals surface area contributed by atoms with Gasteiger partial charge in [0.05, 0.1) is 14.2 Å². The molecule has 0 fully saturated rings. The molecular formula is C16H26N2O3. The Balaban J connectivity index is 2.85. The van der Waals surface area contributed by atoms with Gasteiger partial charge < -0.3 is 20.5 Å². The summed E-state index contributed by atoms with van der Waals surface area (Å²) in [5.74, 6) is 1.18. The second kappa shape index (κ2) is 7.31. The minimum absolute atomic E-state index is 0.0222. The van der Waals surface area contributed by atoms with Gasteiger partial charge in [-0.15, -0.1) is 0 Å². The van der Waals surface area contributed by atoms with Gasteiger partial charge in [-0.25, -0.2) is 0 Å². The minimum Gasteiger partial charge on any atom is -0.493 e. The molecule has 1 aromatic carbocycles. The van der Waals surface area contributed by atoms with Crippen molar-refractivity contribution >= 4 is 5.91 Å². The van der Waals surface area contributed by atoms with Crippen LogP contribution in [0.4, 0.5) is 0 Å². The average molecular weight is 294 g/mol. The Hall–Kier alpha value is -1.75. The molecule has 1 rings (SSSR count). The molecule has 1 amide bonds. The largest absolute Gasteiger partial charge is 0.493 e. The molecule has 0 aliphatic rings. The van der Waals surface area contributed by atoms with Crippen molar-refractivity contribution in [1.29, 1.82) is 0 Å². The van der Waals surface area contributed by atoms with E-state index in [1.165, 1.54) is 0 Å². The fraction of sp³-hybridized carbons (Fsp3) is 0.562. The zero-order valence-corrected chi connectivity index (χ0v) is 13.5. The SMILES string of the molecule is COc1ccc(C(C)(C)CNC(=O)C(C)CN)cc1OC. The number of hydrogen-bond donors (Lipinski definition) is 2. The molecule has 1 unspecified atom stereocenters. The van der Waals surface area contributed by atoms with Gasteiger partial charge in [-0.1, -0.05) is 26.8 Å². The number of nitrogens with two attached hydrogens (primary N) is 1. The van der Waals surface area contributed by atoms with Crippen molar-refractivity contribution in [3.63, 3.8) is 0 Å². The van der Waals surface area contributed by atoms with Crippen molar-refractivity contribution in [3.05, 3.63) is 23.8 Å². The van der Waals surface area contributed by atoms with E-state index in [4.69, 9.17) is 15.2 Å². The Bertz CT molecular complexity index is 486. The Labute approximate surface area is 126 Å². The van der Waals surface area contributed by atoms with Gasteiger partial charge in [-0.3, -0.25) is 4.79 Å². The zero-order valence-electron chi connectivity index (χ0n) is 13.5. The maximum absolute atomic E-state index is 11.8. The predicted octanol–water partition coefficient (Wildman–Crippen LogP) is 1.69. The normalized spacial score (nSPS) is 12.7. The summed E-state index contributed by atoms with van der Waals surface area (Å²) < 4.78 is 10.6. The number of methoxy groups -OCH3 is 2. The number of carbonyl (C=O) groups excluding carboxylic acids is 1. The Kier molecular flexibility index (Phi) is 6.03. The van der Waals surface area contributed by atoms with E-state index in [9.17, 15) is 4.79 Å². The minimum atomic E-state index is -0.219. The standard InChI is InChI=1S/C16H26N2O3/c1-11(9-17)15(19)18-10-16(2,3)12-6-7-13(20-4)14(8-12)21-5/h6-8,11H,9-10,17H2,1-5H3,(H,18,19). The third-order valence-electron chi connectivity index (χ3n) is 3.67. The summed E-state index contributed by atoms with van der Waals surface area (Å²) in [5.41, 5.74) is 6.35. The van der Waals surface area contributed by atoms with Crippen LogP contribution in [0.3, 0.4) is 0 Å². The van der Waals surface area contributed by atoms with Crippen LogP contribution < -0.4 is 20.5 Å². The molecule has 0 aliphatic heterocycles. The van der Waals surface area contributed by atoms with Crippen LogP contribution in [0.15, 0.2) is 18.2 Å². The van der Waals surface area contributed by atoms with E-state index in [-0.39, 0.29) is 17.2 Å². The number of nitrogens with one attached hydrogen (secondary N) is 1. The van der Waals surface area contributed by atoms with Crippen molar-refractivity contribution < 1.29 is 14.3 Å². The number of benzene rings is 1. The van der Waals surface area contributed by atoms with E-state index in [0.29, 0.717) is 24.6 Å². The van der Waals surface area contributed by atoms with Gasteiger partial charge in [0.2, 0.25) is 5.91 Å². The van der Waals surface area contributed by atoms with Crippen LogP contribution in [-0.4, -0.2) is 33.2 Å². The Morgan fingerprint density at radius 3 is 2.43 bits per heavy atom. The van der Waals surface area contributed by atoms with Gasteiger partial charge in [0.15, 0.2) is 11.5 Å². The summed E-state index contributed by atoms with van der Waals surface area (Å²) in [7, 11) is 3.22. The van der Waals surface area contributed by atoms with Gasteiger partial charge in [0.25, 0.3) is 0 Å². The lowest BCUT2D eigenvalue weighted by Crippen LogP contribution is -2.40. The molecule has 0 aliphatic carbocycles. The van der Waals surface area contributed by atoms with Crippen LogP contribution in [0.5, 0.6) is 11.5 Å². The van der Waals surface area contributed by atoms with Crippen molar-refractivity contribution in [2.75, 3.05) is 27.3 Å². The third kappa shape index (κ3) is 4.36. The third-order valence-corrected chi connectivity index (χ3v) is 3.67. The molecule has 0 saturated carbocycles. The molecule has 0 saturated heterocycles. The molecule has 118 valence electrons. The Morgan fingerprint density at radius 2 is 1.90 bits per heavy atom. The summed E-state index contributed by atoms with van der Waals surface area (Å²) in [4.78, 5) is 11.8. The number of ether oxygens (including phenoxy) is 2. The average Bonchev–Trinajstić information content (AvgIpc) is 2.50. The molecule has 0 radical (unpaired) electrons. The highest BCUT2D eigenvalue weighted by atomic mass is 16.5. The molecule has 5 nitrogen and oxygen atoms in total. The van der Waals surface area contributed by atoms with Crippen molar-refractivity contribution in [3.8, 4) is 11.5 Å². The first kappa shape index (κ1) is 17.3. The molecule has 0 bridgehead atoms. The van der Waals surface area contributed by atoms with E-state index in [2.05, 4.69) is 19.2 Å². The quantitative estimate of drug-likeness (QED) is 0.802. The smallest absolute Gasteiger partial charge is 0.224 e. The monoisotopic (exact) mass is 294 g/mol. The van der Waals surface area contributed by atoms with E-state index < -0.39 is 0 Å². The fourth-order valence-corrected chi connectivity index (χ4v) is 1.95. The first-order chi connectivity index (χ1) is 9.85. The Morgan fingerprint density at radius 1 is 1.29 bits per heavy atom. The predicted molar refractivity (Wildman–Crippen MR) is 83.8 cm³/mol. The van der Waals surface area contributed by atoms with Crippen LogP contribution >= 0.6 is 0 Å². The lowest BCUT2D eigenvalue weighted by molar-refractivity contribution is -0.124. The molecule has 5 heteroatoms. The second-order valence-electron chi connectivity index (χ2n) is 5.81. The maximum atomic E-state index is 11.8. The summed E-state index contributed by atoms with van der Waals surface area (Å²) in [6, 6.07) is 5.80. The number of hydrogen-bond acceptors (Lipinski definition) is 4. The zero-order chi connectivity index (χ0) is 16.0. The van der Waals surface area contributed by atoms with Crippen LogP contribution in [0.1, 0.15) is 26.3 Å². The number of rotatable bonds is 7. The van der Waals surface area contributed by atoms with Crippen LogP contribution in [0.2, 0.25) is 0 Å². The molecule has 3 N–H and O–H groups in total. The van der Waals surface area contributed by atoms with Crippen molar-refractivity contribution in [1.82, 2.24) is 5.32 Å². The van der Waals surface area contributed by atoms with Crippen molar-refractivity contribution in [2.24, 2.45) is 11.7 Å². The van der Waals surface area contributed by atoms with Crippen LogP contribution in [-0.2, 0) is 10.2 Å². The molecular weight excluding hydrogens is 268 g/mol. The van der Waals surface area contributed by atoms with Gasteiger partial charge >= 0.3 is 0 Å². The highest BCUT2D eigenvalue weighted by Crippen LogP contribution is 2.32. The maximum Gasteiger partial charge on any atom is 0.224 e. The van der Waals surface area contributed by atoms with E-state index in [0.717, 1.165) is 5.56 Å². The van der Waals surface area contributed by atoms with Gasteiger partial charge in [-0.2, -0.15) is 0 Å². The summed E-state index contributed by atoms with van der Waals surface area (Å²) in [6.45, 7) is 6.84. The topological polar surface area (TPSA) is 73.6 Å². The highest BCUT2D eigenvalue weighted by Gasteiger charge is 2.24. The highest BCUT2D eigenvalue weighted by molar-refractivity contribution is 5.78. The van der Waals surface area contributed by atoms with Crippen molar-refractivity contribution in [2.45, 2.75) is 26.2 Å². The summed E-state index contributed by atoms with van der Waals surface area (Å²) >= 11 is 0. The van der Waals surface area contributed by atoms with Gasteiger partial charge in [0.1, 0.15) is 0 Å². The van der Waals surface area contributed by atoms with Crippen LogP contribution in [0.25, 0.3) is 0 Å². The van der Waals surface area contributed by atoms with Gasteiger partial charge in [0, 0.05) is 24.4 Å². The first-order valence-electron chi connectivity index (χ1n) is 7.06. The molecule has 1 aromatic rings. The van der Waals surface area contributed by atoms with E-state index in [1.54, 1.807) is 14.2 Å². The molecule has 0 spiro atoms. The first-order valence-corrected chi connectivity index (χ1v) is 7.06. The lowest BCUT2D eigenvalue weighted by atomic mass is 9.84.